The lowest BCUT2D eigenvalue weighted by molar-refractivity contribution is -0.166. The van der Waals surface area contributed by atoms with Crippen molar-refractivity contribution in [3.05, 3.63) is 31.3 Å². The molecule has 0 aliphatic carbocycles. The largest absolute Gasteiger partial charge is 0.463 e. The molecule has 2 fully saturated rings. The fourth-order valence-electron chi connectivity index (χ4n) is 5.43. The maximum atomic E-state index is 13.6. The molecule has 0 spiro atoms. The van der Waals surface area contributed by atoms with E-state index in [2.05, 4.69) is 4.98 Å². The summed E-state index contributed by atoms with van der Waals surface area (Å²) in [6.07, 6.45) is -12.1. The Balaban J connectivity index is 1.91. The van der Waals surface area contributed by atoms with Crippen LogP contribution in [0.4, 0.5) is 0 Å². The maximum Gasteiger partial charge on any atom is 0.332 e. The van der Waals surface area contributed by atoms with Crippen LogP contribution < -0.4 is 16.9 Å². The zero-order valence-electron chi connectivity index (χ0n) is 26.4. The van der Waals surface area contributed by atoms with Gasteiger partial charge in [0.05, 0.1) is 0 Å². The van der Waals surface area contributed by atoms with Crippen molar-refractivity contribution >= 4 is 47.0 Å². The minimum absolute atomic E-state index is 0.525. The molecule has 262 valence electrons. The number of aromatic amines is 2. The summed E-state index contributed by atoms with van der Waals surface area (Å²) in [6.45, 7) is 5.26. The molecular formula is C27H32N4O17. The number of esters is 6. The molecule has 2 aromatic rings. The van der Waals surface area contributed by atoms with E-state index in [1.165, 1.54) is 0 Å². The first-order valence-corrected chi connectivity index (χ1v) is 14.3. The highest BCUT2D eigenvalue weighted by atomic mass is 16.7. The Bertz CT molecular complexity index is 1800. The van der Waals surface area contributed by atoms with E-state index in [-0.39, 0.29) is 0 Å². The molecule has 2 aliphatic heterocycles. The van der Waals surface area contributed by atoms with Crippen molar-refractivity contribution in [1.29, 1.82) is 0 Å². The molecule has 8 atom stereocenters. The van der Waals surface area contributed by atoms with Crippen molar-refractivity contribution in [3.63, 3.8) is 0 Å². The van der Waals surface area contributed by atoms with Crippen LogP contribution in [-0.4, -0.2) is 105 Å². The molecule has 48 heavy (non-hydrogen) atoms. The van der Waals surface area contributed by atoms with Gasteiger partial charge in [-0.05, 0) is 0 Å². The second kappa shape index (κ2) is 14.2. The van der Waals surface area contributed by atoms with Gasteiger partial charge in [-0.3, -0.25) is 48.1 Å². The number of aromatic nitrogens is 4. The van der Waals surface area contributed by atoms with Crippen LogP contribution in [0.3, 0.4) is 0 Å². The third-order valence-electron chi connectivity index (χ3n) is 6.99. The highest BCUT2D eigenvalue weighted by molar-refractivity contribution is 5.71. The summed E-state index contributed by atoms with van der Waals surface area (Å²) in [5.74, 6) is -5.00. The Morgan fingerprint density at radius 3 is 1.33 bits per heavy atom. The van der Waals surface area contributed by atoms with Gasteiger partial charge in [-0.15, -0.1) is 0 Å². The molecule has 2 aromatic heterocycles. The van der Waals surface area contributed by atoms with Crippen LogP contribution in [0.2, 0.25) is 0 Å². The minimum atomic E-state index is -1.72. The molecule has 4 rings (SSSR count). The highest BCUT2D eigenvalue weighted by Crippen LogP contribution is 2.37. The van der Waals surface area contributed by atoms with Crippen molar-refractivity contribution in [2.75, 3.05) is 13.2 Å². The van der Waals surface area contributed by atoms with Crippen LogP contribution in [0.25, 0.3) is 11.2 Å². The van der Waals surface area contributed by atoms with Crippen LogP contribution in [0.1, 0.15) is 54.0 Å². The summed E-state index contributed by atoms with van der Waals surface area (Å²) in [4.78, 5) is 116. The number of carbonyl (C=O) groups is 6. The van der Waals surface area contributed by atoms with E-state index in [1.807, 2.05) is 4.98 Å². The number of carbonyl (C=O) groups excluding carboxylic acids is 6. The number of nitrogens with zero attached hydrogens (tertiary/aromatic N) is 2. The van der Waals surface area contributed by atoms with E-state index < -0.39 is 126 Å². The number of fused-ring (bicyclic) bond motifs is 1. The van der Waals surface area contributed by atoms with Gasteiger partial charge in [0.2, 0.25) is 0 Å². The van der Waals surface area contributed by atoms with E-state index in [0.29, 0.717) is 9.13 Å². The lowest BCUT2D eigenvalue weighted by atomic mass is 10.1. The molecule has 0 bridgehead atoms. The van der Waals surface area contributed by atoms with Crippen LogP contribution in [-0.2, 0) is 66.7 Å². The molecule has 4 heterocycles. The quantitative estimate of drug-likeness (QED) is 0.199. The fourth-order valence-corrected chi connectivity index (χ4v) is 5.43. The van der Waals surface area contributed by atoms with Crippen LogP contribution >= 0.6 is 0 Å². The molecule has 21 nitrogen and oxygen atoms in total. The van der Waals surface area contributed by atoms with E-state index in [4.69, 9.17) is 37.9 Å². The van der Waals surface area contributed by atoms with Crippen molar-refractivity contribution in [2.45, 2.75) is 90.6 Å². The summed E-state index contributed by atoms with van der Waals surface area (Å²) >= 11 is 0. The summed E-state index contributed by atoms with van der Waals surface area (Å²) in [7, 11) is 0. The Labute approximate surface area is 268 Å². The topological polar surface area (TPSA) is 269 Å². The average molecular weight is 685 g/mol. The van der Waals surface area contributed by atoms with Crippen LogP contribution in [0.5, 0.6) is 0 Å². The molecule has 0 saturated carbocycles. The zero-order chi connectivity index (χ0) is 35.6. The predicted molar refractivity (Wildman–Crippen MR) is 151 cm³/mol. The lowest BCUT2D eigenvalue weighted by Gasteiger charge is -2.24. The van der Waals surface area contributed by atoms with Gasteiger partial charge in [0, 0.05) is 41.5 Å². The highest BCUT2D eigenvalue weighted by Gasteiger charge is 2.54. The molecule has 2 aliphatic rings. The number of H-pyrrole nitrogens is 2. The van der Waals surface area contributed by atoms with Gasteiger partial charge in [0.25, 0.3) is 5.56 Å². The first-order chi connectivity index (χ1) is 22.5. The number of nitrogens with one attached hydrogen (secondary N) is 2. The Morgan fingerprint density at radius 1 is 0.562 bits per heavy atom. The first kappa shape index (κ1) is 35.5. The summed E-state index contributed by atoms with van der Waals surface area (Å²) in [6, 6.07) is 0. The number of ether oxygens (including phenoxy) is 8. The summed E-state index contributed by atoms with van der Waals surface area (Å²) in [5.41, 5.74) is -4.57. The zero-order valence-corrected chi connectivity index (χ0v) is 26.4. The predicted octanol–water partition coefficient (Wildman–Crippen LogP) is -2.17. The van der Waals surface area contributed by atoms with Crippen molar-refractivity contribution in [3.8, 4) is 0 Å². The molecule has 0 radical (unpaired) electrons. The molecule has 2 N–H and O–H groups in total. The Hall–Kier alpha value is -5.31. The van der Waals surface area contributed by atoms with Crippen molar-refractivity contribution in [2.24, 2.45) is 0 Å². The van der Waals surface area contributed by atoms with Crippen molar-refractivity contribution < 1.29 is 66.7 Å². The van der Waals surface area contributed by atoms with Gasteiger partial charge in [0.1, 0.15) is 25.4 Å². The molecule has 2 saturated heterocycles. The summed E-state index contributed by atoms with van der Waals surface area (Å²) in [5, 5.41) is 0. The van der Waals surface area contributed by atoms with Gasteiger partial charge in [-0.25, -0.2) is 14.2 Å². The molecule has 21 heteroatoms. The number of rotatable bonds is 10. The molecule has 0 unspecified atom stereocenters. The number of imidazole rings is 1. The van der Waals surface area contributed by atoms with Gasteiger partial charge in [-0.2, -0.15) is 0 Å². The average Bonchev–Trinajstić information content (AvgIpc) is 3.57. The monoisotopic (exact) mass is 684 g/mol. The van der Waals surface area contributed by atoms with E-state index in [1.54, 1.807) is 0 Å². The standard InChI is InChI=1S/C27H32N4O17/c1-9(32)41-7-15-18(43-11(3)34)20(45-13(5)36)24(47-15)30-17-22(28-26(30)39)31(27(40)29-23(17)38)25-21(46-14(6)37)19(44-12(4)35)16(48-25)8-42-10(2)33/h15-16,18-21,24-25H,7-8H2,1-6H3,(H,28,39)(H,29,38,40)/t15-,16+,18-,19-,20+,21-,24-,25+/m0/s1. The van der Waals surface area contributed by atoms with Gasteiger partial charge in [0.15, 0.2) is 48.0 Å². The maximum absolute atomic E-state index is 13.6. The SMILES string of the molecule is CC(=O)OC[C@@H]1O[C@H](n2c(=O)[nH]c3c2c(=O)[nH]c(=O)n3[C@@H]2O[C@H](COC(C)=O)[C@H](OC(C)=O)[C@@H]2OC(C)=O)[C@H](OC(C)=O)[C@H]1OC(C)=O. The van der Waals surface area contributed by atoms with E-state index >= 15 is 0 Å². The van der Waals surface area contributed by atoms with Crippen LogP contribution in [0, 0.1) is 0 Å². The number of hydrogen-bond donors (Lipinski definition) is 2. The molecular weight excluding hydrogens is 652 g/mol. The number of hydrogen-bond acceptors (Lipinski definition) is 17. The van der Waals surface area contributed by atoms with Crippen molar-refractivity contribution in [1.82, 2.24) is 19.1 Å². The third kappa shape index (κ3) is 7.46. The lowest BCUT2D eigenvalue weighted by Crippen LogP contribution is -2.43. The van der Waals surface area contributed by atoms with Gasteiger partial charge >= 0.3 is 47.2 Å². The minimum Gasteiger partial charge on any atom is -0.463 e. The molecule has 0 amide bonds. The first-order valence-electron chi connectivity index (χ1n) is 14.3. The smallest absolute Gasteiger partial charge is 0.332 e. The second-order valence-electron chi connectivity index (χ2n) is 10.7. The normalized spacial score (nSPS) is 26.5. The molecule has 0 aromatic carbocycles. The summed E-state index contributed by atoms with van der Waals surface area (Å²) < 4.78 is 44.5. The Morgan fingerprint density at radius 2 is 0.938 bits per heavy atom. The van der Waals surface area contributed by atoms with E-state index in [9.17, 15) is 43.2 Å². The van der Waals surface area contributed by atoms with Gasteiger partial charge < -0.3 is 37.9 Å². The Kier molecular flexibility index (Phi) is 10.5. The van der Waals surface area contributed by atoms with Crippen LogP contribution in [0.15, 0.2) is 14.4 Å². The van der Waals surface area contributed by atoms with Gasteiger partial charge in [-0.1, -0.05) is 0 Å². The van der Waals surface area contributed by atoms with E-state index in [0.717, 1.165) is 41.5 Å². The second-order valence-corrected chi connectivity index (χ2v) is 10.7. The fraction of sp³-hybridized carbons (Fsp3) is 0.593. The third-order valence-corrected chi connectivity index (χ3v) is 6.99.